The molecule has 2 aromatic carbocycles. The van der Waals surface area contributed by atoms with Gasteiger partial charge in [-0.15, -0.1) is 45.3 Å². The first-order valence-electron chi connectivity index (χ1n) is 13.8. The van der Waals surface area contributed by atoms with Crippen LogP contribution in [0.25, 0.3) is 40.4 Å². The van der Waals surface area contributed by atoms with Gasteiger partial charge in [0.1, 0.15) is 11.5 Å². The van der Waals surface area contributed by atoms with Gasteiger partial charge in [-0.1, -0.05) is 26.0 Å². The SMILES string of the molecule is CC(C)(CN=Cc1cc(-c2ccc(-c3cccs3)s2)ccc1O)CN=Cc1cc(-c2ccc(-c3cccs3)s2)ccc1O.[Cd]. The number of phenolic OH excluding ortho intramolecular Hbond substituents is 2. The predicted molar refractivity (Wildman–Crippen MR) is 188 cm³/mol. The quantitative estimate of drug-likeness (QED) is 0.108. The first kappa shape index (κ1) is 32.5. The zero-order chi connectivity index (χ0) is 29.8. The Bertz CT molecular complexity index is 1750. The molecule has 4 aromatic heterocycles. The summed E-state index contributed by atoms with van der Waals surface area (Å²) in [7, 11) is 0. The predicted octanol–water partition coefficient (Wildman–Crippen LogP) is 10.6. The number of phenols is 2. The van der Waals surface area contributed by atoms with Crippen LogP contribution in [0.1, 0.15) is 25.0 Å². The Morgan fingerprint density at radius 3 is 1.43 bits per heavy atom. The van der Waals surface area contributed by atoms with Crippen molar-refractivity contribution >= 4 is 57.8 Å². The molecule has 0 atom stereocenters. The summed E-state index contributed by atoms with van der Waals surface area (Å²) in [6, 6.07) is 28.3. The van der Waals surface area contributed by atoms with Crippen LogP contribution in [0.3, 0.4) is 0 Å². The summed E-state index contributed by atoms with van der Waals surface area (Å²) in [6.07, 6.45) is 3.50. The van der Waals surface area contributed by atoms with Crippen molar-refractivity contribution < 1.29 is 37.5 Å². The van der Waals surface area contributed by atoms with Crippen molar-refractivity contribution in [2.45, 2.75) is 13.8 Å². The minimum atomic E-state index is -0.208. The van der Waals surface area contributed by atoms with Gasteiger partial charge in [0.25, 0.3) is 0 Å². The van der Waals surface area contributed by atoms with E-state index < -0.39 is 0 Å². The molecule has 9 heteroatoms. The van der Waals surface area contributed by atoms with Crippen molar-refractivity contribution in [2.75, 3.05) is 13.1 Å². The Morgan fingerprint density at radius 2 is 1.02 bits per heavy atom. The molecule has 4 nitrogen and oxygen atoms in total. The molecule has 0 saturated heterocycles. The van der Waals surface area contributed by atoms with Crippen LogP contribution >= 0.6 is 45.3 Å². The summed E-state index contributed by atoms with van der Waals surface area (Å²) in [4.78, 5) is 16.7. The number of benzene rings is 2. The summed E-state index contributed by atoms with van der Waals surface area (Å²) in [5.74, 6) is 0.420. The maximum Gasteiger partial charge on any atom is 0.124 e. The number of rotatable bonds is 10. The van der Waals surface area contributed by atoms with Crippen LogP contribution in [0.4, 0.5) is 0 Å². The summed E-state index contributed by atoms with van der Waals surface area (Å²) >= 11 is 6.96. The minimum absolute atomic E-state index is 0. The summed E-state index contributed by atoms with van der Waals surface area (Å²) in [6.45, 7) is 5.32. The molecular formula is C35H30CdN2O2S4. The molecule has 0 aliphatic carbocycles. The number of nitrogens with zero attached hydrogens (tertiary/aromatic N) is 2. The maximum absolute atomic E-state index is 10.5. The molecule has 2 N–H and O–H groups in total. The van der Waals surface area contributed by atoms with Crippen LogP contribution in [0.2, 0.25) is 0 Å². The number of aliphatic imine (C=N–C) groups is 2. The molecule has 0 aliphatic rings. The second kappa shape index (κ2) is 14.5. The zero-order valence-corrected chi connectivity index (χ0v) is 31.7. The average molecular weight is 751 g/mol. The topological polar surface area (TPSA) is 65.2 Å². The minimum Gasteiger partial charge on any atom is -0.507 e. The second-order valence-corrected chi connectivity index (χ2v) is 15.0. The third-order valence-corrected chi connectivity index (χ3v) is 11.3. The van der Waals surface area contributed by atoms with Crippen LogP contribution in [-0.4, -0.2) is 35.7 Å². The van der Waals surface area contributed by atoms with Crippen LogP contribution in [-0.2, 0) is 27.3 Å². The normalized spacial score (nSPS) is 11.9. The van der Waals surface area contributed by atoms with Gasteiger partial charge in [0.15, 0.2) is 0 Å². The Kier molecular flexibility index (Phi) is 10.7. The fraction of sp³-hybridized carbons (Fsp3) is 0.143. The largest absolute Gasteiger partial charge is 0.507 e. The van der Waals surface area contributed by atoms with Gasteiger partial charge in [0, 0.05) is 98.6 Å². The van der Waals surface area contributed by atoms with Crippen LogP contribution in [0.15, 0.2) is 106 Å². The number of hydrogen-bond acceptors (Lipinski definition) is 8. The Hall–Kier alpha value is -2.90. The first-order valence-corrected chi connectivity index (χ1v) is 17.2. The van der Waals surface area contributed by atoms with Gasteiger partial charge in [-0.2, -0.15) is 0 Å². The molecule has 0 aliphatic heterocycles. The standard InChI is InChI=1S/C35H30N2O2S4.Cd/c1-35(2,21-36-19-25-17-23(7-9-27(25)38)29-11-13-33(42-29)31-5-3-15-40-31)22-37-20-26-18-24(8-10-28(26)39)30-12-14-34(43-30)32-6-4-16-41-32;/h3-20,38-39H,21-22H2,1-2H3;. The summed E-state index contributed by atoms with van der Waals surface area (Å²) in [5.41, 5.74) is 3.30. The van der Waals surface area contributed by atoms with E-state index in [0.717, 1.165) is 20.9 Å². The van der Waals surface area contributed by atoms with Gasteiger partial charge < -0.3 is 10.2 Å². The van der Waals surface area contributed by atoms with Crippen LogP contribution in [0.5, 0.6) is 11.5 Å². The van der Waals surface area contributed by atoms with E-state index in [4.69, 9.17) is 0 Å². The van der Waals surface area contributed by atoms with E-state index in [0.29, 0.717) is 24.2 Å². The third-order valence-electron chi connectivity index (χ3n) is 6.86. The molecule has 44 heavy (non-hydrogen) atoms. The van der Waals surface area contributed by atoms with E-state index in [1.54, 1.807) is 69.9 Å². The van der Waals surface area contributed by atoms with Gasteiger partial charge in [-0.05, 0) is 94.7 Å². The molecule has 0 amide bonds. The van der Waals surface area contributed by atoms with Crippen LogP contribution < -0.4 is 0 Å². The second-order valence-electron chi connectivity index (χ2n) is 10.9. The van der Waals surface area contributed by atoms with Crippen molar-refractivity contribution in [3.05, 3.63) is 107 Å². The van der Waals surface area contributed by atoms with E-state index in [2.05, 4.69) is 83.1 Å². The van der Waals surface area contributed by atoms with E-state index in [1.807, 2.05) is 24.3 Å². The van der Waals surface area contributed by atoms with Crippen molar-refractivity contribution in [1.82, 2.24) is 0 Å². The third kappa shape index (κ3) is 7.84. The zero-order valence-electron chi connectivity index (χ0n) is 24.4. The summed E-state index contributed by atoms with van der Waals surface area (Å²) < 4.78 is 0. The molecule has 6 aromatic rings. The van der Waals surface area contributed by atoms with Gasteiger partial charge in [0.2, 0.25) is 0 Å². The molecule has 0 fully saturated rings. The molecule has 0 radical (unpaired) electrons. The average Bonchev–Trinajstić information content (AvgIpc) is 3.81. The molecule has 0 saturated carbocycles. The van der Waals surface area contributed by atoms with Gasteiger partial charge in [-0.3, -0.25) is 9.98 Å². The maximum atomic E-state index is 10.5. The molecular weight excluding hydrogens is 721 g/mol. The van der Waals surface area contributed by atoms with Crippen molar-refractivity contribution in [3.63, 3.8) is 0 Å². The van der Waals surface area contributed by atoms with Crippen molar-refractivity contribution in [1.29, 1.82) is 0 Å². The van der Waals surface area contributed by atoms with E-state index in [9.17, 15) is 10.2 Å². The fourth-order valence-corrected chi connectivity index (χ4v) is 8.22. The van der Waals surface area contributed by atoms with Crippen LogP contribution in [0, 0.1) is 5.41 Å². The first-order chi connectivity index (χ1) is 20.8. The van der Waals surface area contributed by atoms with Gasteiger partial charge in [0.05, 0.1) is 0 Å². The number of hydrogen-bond donors (Lipinski definition) is 2. The van der Waals surface area contributed by atoms with E-state index >= 15 is 0 Å². The molecule has 0 bridgehead atoms. The molecule has 4 heterocycles. The Balaban J connectivity index is 0.00000384. The van der Waals surface area contributed by atoms with Crippen molar-refractivity contribution in [2.24, 2.45) is 15.4 Å². The monoisotopic (exact) mass is 752 g/mol. The Labute approximate surface area is 293 Å². The number of aromatic hydroxyl groups is 2. The fourth-order valence-electron chi connectivity index (χ4n) is 4.54. The smallest absolute Gasteiger partial charge is 0.124 e. The Morgan fingerprint density at radius 1 is 0.591 bits per heavy atom. The van der Waals surface area contributed by atoms with Gasteiger partial charge in [-0.25, -0.2) is 0 Å². The number of thiophene rings is 4. The van der Waals surface area contributed by atoms with E-state index in [1.165, 1.54) is 19.5 Å². The van der Waals surface area contributed by atoms with E-state index in [-0.39, 0.29) is 44.2 Å². The molecule has 6 rings (SSSR count). The van der Waals surface area contributed by atoms with Gasteiger partial charge >= 0.3 is 0 Å². The molecule has 0 unspecified atom stereocenters. The molecule has 0 spiro atoms. The van der Waals surface area contributed by atoms with Crippen molar-refractivity contribution in [3.8, 4) is 51.9 Å². The molecule has 218 valence electrons. The summed E-state index contributed by atoms with van der Waals surface area (Å²) in [5, 5.41) is 25.1.